The molecule has 120 valence electrons. The predicted molar refractivity (Wildman–Crippen MR) is 90.7 cm³/mol. The maximum atomic E-state index is 12.2. The molecule has 0 spiro atoms. The molecule has 0 bridgehead atoms. The van der Waals surface area contributed by atoms with Crippen molar-refractivity contribution >= 4 is 17.0 Å². The van der Waals surface area contributed by atoms with Gasteiger partial charge in [-0.15, -0.1) is 0 Å². The fourth-order valence-corrected chi connectivity index (χ4v) is 2.38. The average Bonchev–Trinajstić information content (AvgIpc) is 3.01. The van der Waals surface area contributed by atoms with Crippen molar-refractivity contribution in [2.24, 2.45) is 0 Å². The van der Waals surface area contributed by atoms with Gasteiger partial charge >= 0.3 is 0 Å². The van der Waals surface area contributed by atoms with Crippen LogP contribution in [-0.2, 0) is 0 Å². The van der Waals surface area contributed by atoms with E-state index >= 15 is 0 Å². The van der Waals surface area contributed by atoms with Crippen LogP contribution in [0.25, 0.3) is 16.9 Å². The topological polar surface area (TPSA) is 61.6 Å². The Hall–Kier alpha value is -2.60. The number of hydrogen-bond acceptors (Lipinski definition) is 4. The second kappa shape index (κ2) is 7.11. The monoisotopic (exact) mass is 314 g/mol. The summed E-state index contributed by atoms with van der Waals surface area (Å²) in [5.74, 6) is 0. The van der Waals surface area contributed by atoms with Crippen LogP contribution in [-0.4, -0.2) is 40.9 Å². The smallest absolute Gasteiger partial charge is 0.139 e. The van der Waals surface area contributed by atoms with E-state index in [0.29, 0.717) is 13.1 Å². The molecule has 6 heteroatoms. The van der Waals surface area contributed by atoms with E-state index in [1.165, 1.54) is 0 Å². The first kappa shape index (κ1) is 15.3. The first-order chi connectivity index (χ1) is 11.3. The van der Waals surface area contributed by atoms with Crippen LogP contribution in [0, 0.1) is 0 Å². The summed E-state index contributed by atoms with van der Waals surface area (Å²) < 4.78 is 14.2. The van der Waals surface area contributed by atoms with Crippen LogP contribution in [0.4, 0.5) is 15.8 Å². The van der Waals surface area contributed by atoms with Crippen molar-refractivity contribution in [2.75, 3.05) is 37.0 Å². The summed E-state index contributed by atoms with van der Waals surface area (Å²) >= 11 is 0. The molecule has 5 nitrogen and oxygen atoms in total. The maximum Gasteiger partial charge on any atom is 0.139 e. The van der Waals surface area contributed by atoms with Crippen molar-refractivity contribution in [3.63, 3.8) is 0 Å². The molecule has 0 amide bonds. The zero-order valence-corrected chi connectivity index (χ0v) is 12.7. The Labute approximate surface area is 133 Å². The highest BCUT2D eigenvalue weighted by Gasteiger charge is 2.05. The number of fused-ring (bicyclic) bond motifs is 1. The molecule has 3 aromatic rings. The third-order valence-corrected chi connectivity index (χ3v) is 3.51. The molecule has 0 aliphatic rings. The Morgan fingerprint density at radius 2 is 1.83 bits per heavy atom. The van der Waals surface area contributed by atoms with Gasteiger partial charge in [0.1, 0.15) is 12.3 Å². The number of rotatable bonds is 7. The number of hydrogen-bond donors (Lipinski definition) is 3. The lowest BCUT2D eigenvalue weighted by Crippen LogP contribution is -2.04. The minimum absolute atomic E-state index is 0.104. The summed E-state index contributed by atoms with van der Waals surface area (Å²) in [6.45, 7) is 0.531. The molecule has 23 heavy (non-hydrogen) atoms. The van der Waals surface area contributed by atoms with E-state index in [1.807, 2.05) is 53.2 Å². The summed E-state index contributed by atoms with van der Waals surface area (Å²) in [5, 5.41) is 14.9. The van der Waals surface area contributed by atoms with Gasteiger partial charge < -0.3 is 20.1 Å². The van der Waals surface area contributed by atoms with Gasteiger partial charge in [0.25, 0.3) is 0 Å². The quantitative estimate of drug-likeness (QED) is 0.627. The number of aliphatic hydroxyl groups excluding tert-OH is 1. The fraction of sp³-hybridized carbons (Fsp3) is 0.235. The van der Waals surface area contributed by atoms with Gasteiger partial charge in [0, 0.05) is 48.5 Å². The van der Waals surface area contributed by atoms with Crippen LogP contribution < -0.4 is 10.6 Å². The van der Waals surface area contributed by atoms with Crippen molar-refractivity contribution in [2.45, 2.75) is 0 Å². The minimum atomic E-state index is -0.401. The highest BCUT2D eigenvalue weighted by molar-refractivity contribution is 5.66. The van der Waals surface area contributed by atoms with E-state index in [0.717, 1.165) is 28.3 Å². The van der Waals surface area contributed by atoms with Gasteiger partial charge in [0.05, 0.1) is 12.3 Å². The molecule has 0 saturated carbocycles. The van der Waals surface area contributed by atoms with Crippen LogP contribution in [0.5, 0.6) is 0 Å². The number of pyridine rings is 1. The summed E-state index contributed by atoms with van der Waals surface area (Å²) in [7, 11) is 0. The first-order valence-corrected chi connectivity index (χ1v) is 7.54. The summed E-state index contributed by atoms with van der Waals surface area (Å²) in [6, 6.07) is 11.7. The van der Waals surface area contributed by atoms with Crippen molar-refractivity contribution in [1.82, 2.24) is 9.38 Å². The number of imidazole rings is 1. The minimum Gasteiger partial charge on any atom is -0.395 e. The van der Waals surface area contributed by atoms with Gasteiger partial charge in [0.15, 0.2) is 0 Å². The van der Waals surface area contributed by atoms with E-state index in [-0.39, 0.29) is 6.61 Å². The van der Waals surface area contributed by atoms with Crippen molar-refractivity contribution in [1.29, 1.82) is 0 Å². The third-order valence-electron chi connectivity index (χ3n) is 3.51. The molecular formula is C17H19FN4O. The van der Waals surface area contributed by atoms with Crippen LogP contribution in [0.2, 0.25) is 0 Å². The molecule has 0 unspecified atom stereocenters. The lowest BCUT2D eigenvalue weighted by molar-refractivity contribution is 0.311. The molecule has 0 aliphatic heterocycles. The standard InChI is InChI=1S/C17H19FN4O/c18-6-7-19-15-5-9-22-12-16(21-17(22)11-15)13-1-3-14(4-2-13)20-8-10-23/h1-5,9,11-12,19-20,23H,6-8,10H2. The van der Waals surface area contributed by atoms with Gasteiger partial charge in [-0.3, -0.25) is 0 Å². The Morgan fingerprint density at radius 3 is 2.57 bits per heavy atom. The largest absolute Gasteiger partial charge is 0.395 e. The number of benzene rings is 1. The van der Waals surface area contributed by atoms with Gasteiger partial charge in [-0.2, -0.15) is 0 Å². The van der Waals surface area contributed by atoms with Gasteiger partial charge in [-0.05, 0) is 18.2 Å². The van der Waals surface area contributed by atoms with Gasteiger partial charge in [-0.25, -0.2) is 9.37 Å². The second-order valence-electron chi connectivity index (χ2n) is 5.15. The van der Waals surface area contributed by atoms with Crippen molar-refractivity contribution in [3.8, 4) is 11.3 Å². The number of aliphatic hydroxyl groups is 1. The summed E-state index contributed by atoms with van der Waals surface area (Å²) in [4.78, 5) is 4.61. The zero-order valence-electron chi connectivity index (χ0n) is 12.7. The van der Waals surface area contributed by atoms with Gasteiger partial charge in [-0.1, -0.05) is 12.1 Å². The molecule has 3 N–H and O–H groups in total. The molecule has 3 rings (SSSR count). The SMILES string of the molecule is OCCNc1ccc(-c2cn3ccc(NCCF)cc3n2)cc1. The molecule has 2 aromatic heterocycles. The number of aromatic nitrogens is 2. The molecule has 0 radical (unpaired) electrons. The lowest BCUT2D eigenvalue weighted by Gasteiger charge is -2.04. The third kappa shape index (κ3) is 3.60. The van der Waals surface area contributed by atoms with E-state index in [9.17, 15) is 4.39 Å². The highest BCUT2D eigenvalue weighted by atomic mass is 19.1. The van der Waals surface area contributed by atoms with E-state index in [4.69, 9.17) is 5.11 Å². The summed E-state index contributed by atoms with van der Waals surface area (Å²) in [6.07, 6.45) is 3.87. The Balaban J connectivity index is 1.82. The van der Waals surface area contributed by atoms with Gasteiger partial charge in [0.2, 0.25) is 0 Å². The molecule has 0 atom stereocenters. The normalized spacial score (nSPS) is 10.9. The molecule has 0 aliphatic carbocycles. The van der Waals surface area contributed by atoms with Crippen LogP contribution in [0.3, 0.4) is 0 Å². The van der Waals surface area contributed by atoms with E-state index in [1.54, 1.807) is 0 Å². The second-order valence-corrected chi connectivity index (χ2v) is 5.15. The molecule has 0 saturated heterocycles. The van der Waals surface area contributed by atoms with Crippen LogP contribution in [0.15, 0.2) is 48.8 Å². The fourth-order valence-electron chi connectivity index (χ4n) is 2.38. The Bertz CT molecular complexity index is 770. The number of nitrogens with zero attached hydrogens (tertiary/aromatic N) is 2. The first-order valence-electron chi connectivity index (χ1n) is 7.54. The number of alkyl halides is 1. The molecule has 1 aromatic carbocycles. The van der Waals surface area contributed by atoms with Crippen molar-refractivity contribution in [3.05, 3.63) is 48.8 Å². The van der Waals surface area contributed by atoms with E-state index in [2.05, 4.69) is 15.6 Å². The number of anilines is 2. The molecule has 0 fully saturated rings. The Morgan fingerprint density at radius 1 is 1.04 bits per heavy atom. The van der Waals surface area contributed by atoms with Crippen molar-refractivity contribution < 1.29 is 9.50 Å². The molecular weight excluding hydrogens is 295 g/mol. The maximum absolute atomic E-state index is 12.2. The van der Waals surface area contributed by atoms with Crippen LogP contribution >= 0.6 is 0 Å². The number of halogens is 1. The van der Waals surface area contributed by atoms with Crippen LogP contribution in [0.1, 0.15) is 0 Å². The highest BCUT2D eigenvalue weighted by Crippen LogP contribution is 2.22. The average molecular weight is 314 g/mol. The summed E-state index contributed by atoms with van der Waals surface area (Å²) in [5.41, 5.74) is 4.52. The zero-order chi connectivity index (χ0) is 16.1. The Kier molecular flexibility index (Phi) is 4.73. The predicted octanol–water partition coefficient (Wildman–Crippen LogP) is 2.79. The lowest BCUT2D eigenvalue weighted by atomic mass is 10.1. The number of nitrogens with one attached hydrogen (secondary N) is 2. The molecule has 2 heterocycles. The van der Waals surface area contributed by atoms with E-state index < -0.39 is 6.67 Å².